The summed E-state index contributed by atoms with van der Waals surface area (Å²) in [5.74, 6) is 1.78. The standard InChI is InChI=1S/C20H32N2OS.CH4O3S/c1-15(2)17-7-5-8-18(13-17)16(3)20(23)21-10-6-9-19-14-22(4)11-12-24-19;1-5(2,3)4/h5,7-8,13,15-16,19H,6,9-12,14H2,1-4H3,(H,21,23);1H3,(H,2,3,4)/t16?,19-;/m1./s1. The third-order valence-corrected chi connectivity index (χ3v) is 6.09. The second-order valence-electron chi connectivity index (χ2n) is 7.97. The number of rotatable bonds is 7. The first-order valence-corrected chi connectivity index (χ1v) is 13.0. The van der Waals surface area contributed by atoms with Crippen LogP contribution in [0, 0.1) is 0 Å². The second kappa shape index (κ2) is 12.6. The molecule has 6 nitrogen and oxygen atoms in total. The molecule has 1 saturated heterocycles. The molecule has 166 valence electrons. The number of nitrogens with one attached hydrogen (secondary N) is 1. The fraction of sp³-hybridized carbons (Fsp3) is 0.667. The molecule has 1 aromatic rings. The van der Waals surface area contributed by atoms with E-state index in [4.69, 9.17) is 4.55 Å². The summed E-state index contributed by atoms with van der Waals surface area (Å²) in [7, 11) is -1.47. The highest BCUT2D eigenvalue weighted by Crippen LogP contribution is 2.23. The molecule has 1 aliphatic rings. The van der Waals surface area contributed by atoms with Crippen LogP contribution in [-0.4, -0.2) is 67.7 Å². The molecular weight excluding hydrogens is 408 g/mol. The third kappa shape index (κ3) is 11.6. The van der Waals surface area contributed by atoms with Gasteiger partial charge in [-0.05, 0) is 43.9 Å². The Labute approximate surface area is 180 Å². The zero-order valence-corrected chi connectivity index (χ0v) is 19.9. The van der Waals surface area contributed by atoms with Crippen molar-refractivity contribution >= 4 is 27.8 Å². The average molecular weight is 445 g/mol. The highest BCUT2D eigenvalue weighted by molar-refractivity contribution is 8.00. The van der Waals surface area contributed by atoms with Gasteiger partial charge in [0.2, 0.25) is 5.91 Å². The van der Waals surface area contributed by atoms with Crippen molar-refractivity contribution in [3.63, 3.8) is 0 Å². The van der Waals surface area contributed by atoms with Crippen molar-refractivity contribution in [2.45, 2.75) is 50.7 Å². The first kappa shape index (κ1) is 25.9. The Morgan fingerprint density at radius 1 is 1.31 bits per heavy atom. The monoisotopic (exact) mass is 444 g/mol. The number of nitrogens with zero attached hydrogens (tertiary/aromatic N) is 1. The van der Waals surface area contributed by atoms with E-state index in [2.05, 4.69) is 67.1 Å². The van der Waals surface area contributed by atoms with E-state index in [-0.39, 0.29) is 11.8 Å². The lowest BCUT2D eigenvalue weighted by atomic mass is 9.94. The van der Waals surface area contributed by atoms with Gasteiger partial charge in [0.1, 0.15) is 0 Å². The molecule has 2 rings (SSSR count). The summed E-state index contributed by atoms with van der Waals surface area (Å²) < 4.78 is 25.9. The maximum Gasteiger partial charge on any atom is 0.261 e. The molecule has 2 atom stereocenters. The van der Waals surface area contributed by atoms with Crippen molar-refractivity contribution in [1.29, 1.82) is 0 Å². The molecule has 0 spiro atoms. The van der Waals surface area contributed by atoms with Crippen LogP contribution in [0.25, 0.3) is 0 Å². The van der Waals surface area contributed by atoms with E-state index in [1.165, 1.54) is 30.8 Å². The van der Waals surface area contributed by atoms with Crippen LogP contribution in [0.15, 0.2) is 24.3 Å². The van der Waals surface area contributed by atoms with Crippen LogP contribution in [-0.2, 0) is 14.9 Å². The lowest BCUT2D eigenvalue weighted by Crippen LogP contribution is -2.35. The summed E-state index contributed by atoms with van der Waals surface area (Å²) in [6.07, 6.45) is 2.97. The summed E-state index contributed by atoms with van der Waals surface area (Å²) in [5, 5.41) is 3.84. The highest BCUT2D eigenvalue weighted by atomic mass is 32.2. The number of amides is 1. The molecule has 1 unspecified atom stereocenters. The fourth-order valence-electron chi connectivity index (χ4n) is 3.07. The summed E-state index contributed by atoms with van der Waals surface area (Å²) in [4.78, 5) is 14.8. The lowest BCUT2D eigenvalue weighted by Gasteiger charge is -2.29. The predicted octanol–water partition coefficient (Wildman–Crippen LogP) is 3.36. The first-order valence-electron chi connectivity index (χ1n) is 10.1. The fourth-order valence-corrected chi connectivity index (χ4v) is 4.52. The predicted molar refractivity (Wildman–Crippen MR) is 122 cm³/mol. The van der Waals surface area contributed by atoms with Crippen molar-refractivity contribution in [2.75, 3.05) is 38.7 Å². The Morgan fingerprint density at radius 3 is 2.52 bits per heavy atom. The van der Waals surface area contributed by atoms with Crippen molar-refractivity contribution < 1.29 is 17.8 Å². The van der Waals surface area contributed by atoms with Gasteiger partial charge in [-0.25, -0.2) is 0 Å². The minimum atomic E-state index is -3.67. The number of carbonyl (C=O) groups is 1. The Morgan fingerprint density at radius 2 is 1.93 bits per heavy atom. The molecule has 0 aliphatic carbocycles. The summed E-state index contributed by atoms with van der Waals surface area (Å²) in [5.41, 5.74) is 2.41. The van der Waals surface area contributed by atoms with Gasteiger partial charge in [0, 0.05) is 30.6 Å². The number of hydrogen-bond donors (Lipinski definition) is 2. The van der Waals surface area contributed by atoms with Crippen LogP contribution < -0.4 is 5.32 Å². The van der Waals surface area contributed by atoms with Crippen molar-refractivity contribution in [3.8, 4) is 0 Å². The van der Waals surface area contributed by atoms with E-state index in [0.717, 1.165) is 23.8 Å². The van der Waals surface area contributed by atoms with Crippen LogP contribution in [0.1, 0.15) is 56.6 Å². The molecule has 1 amide bonds. The molecule has 2 N–H and O–H groups in total. The molecular formula is C21H36N2O4S2. The van der Waals surface area contributed by atoms with Gasteiger partial charge in [-0.3, -0.25) is 9.35 Å². The lowest BCUT2D eigenvalue weighted by molar-refractivity contribution is -0.122. The first-order chi connectivity index (χ1) is 13.5. The molecule has 0 bridgehead atoms. The molecule has 8 heteroatoms. The highest BCUT2D eigenvalue weighted by Gasteiger charge is 2.18. The molecule has 29 heavy (non-hydrogen) atoms. The molecule has 1 aromatic carbocycles. The van der Waals surface area contributed by atoms with Gasteiger partial charge in [0.05, 0.1) is 12.2 Å². The van der Waals surface area contributed by atoms with E-state index in [1.807, 2.05) is 6.92 Å². The van der Waals surface area contributed by atoms with Crippen LogP contribution in [0.2, 0.25) is 0 Å². The molecule has 1 fully saturated rings. The summed E-state index contributed by atoms with van der Waals surface area (Å²) in [6, 6.07) is 8.43. The Bertz CT molecular complexity index is 730. The molecule has 0 saturated carbocycles. The Kier molecular flexibility index (Phi) is 11.2. The summed E-state index contributed by atoms with van der Waals surface area (Å²) >= 11 is 2.08. The minimum absolute atomic E-state index is 0.0844. The molecule has 0 radical (unpaired) electrons. The van der Waals surface area contributed by atoms with Gasteiger partial charge < -0.3 is 10.2 Å². The number of carbonyl (C=O) groups excluding carboxylic acids is 1. The normalized spacial score (nSPS) is 18.7. The van der Waals surface area contributed by atoms with Crippen molar-refractivity contribution in [3.05, 3.63) is 35.4 Å². The van der Waals surface area contributed by atoms with Gasteiger partial charge >= 0.3 is 0 Å². The third-order valence-electron chi connectivity index (χ3n) is 4.81. The molecule has 1 heterocycles. The molecule has 1 aliphatic heterocycles. The van der Waals surface area contributed by atoms with Crippen LogP contribution >= 0.6 is 11.8 Å². The average Bonchev–Trinajstić information content (AvgIpc) is 2.63. The second-order valence-corrected chi connectivity index (χ2v) is 10.8. The molecule has 0 aromatic heterocycles. The quantitative estimate of drug-likeness (QED) is 0.495. The Balaban J connectivity index is 0.000000749. The summed E-state index contributed by atoms with van der Waals surface area (Å²) in [6.45, 7) is 9.53. The van der Waals surface area contributed by atoms with Crippen LogP contribution in [0.5, 0.6) is 0 Å². The van der Waals surface area contributed by atoms with E-state index in [9.17, 15) is 13.2 Å². The number of hydrogen-bond acceptors (Lipinski definition) is 5. The largest absolute Gasteiger partial charge is 0.356 e. The van der Waals surface area contributed by atoms with Crippen LogP contribution in [0.4, 0.5) is 0 Å². The van der Waals surface area contributed by atoms with Crippen LogP contribution in [0.3, 0.4) is 0 Å². The van der Waals surface area contributed by atoms with Gasteiger partial charge in [-0.1, -0.05) is 38.1 Å². The minimum Gasteiger partial charge on any atom is -0.356 e. The van der Waals surface area contributed by atoms with E-state index < -0.39 is 10.1 Å². The van der Waals surface area contributed by atoms with Crippen molar-refractivity contribution in [1.82, 2.24) is 10.2 Å². The zero-order valence-electron chi connectivity index (χ0n) is 18.2. The maximum atomic E-state index is 12.4. The van der Waals surface area contributed by atoms with Gasteiger partial charge in [-0.15, -0.1) is 0 Å². The smallest absolute Gasteiger partial charge is 0.261 e. The van der Waals surface area contributed by atoms with Gasteiger partial charge in [0.25, 0.3) is 10.1 Å². The van der Waals surface area contributed by atoms with E-state index in [1.54, 1.807) is 0 Å². The van der Waals surface area contributed by atoms with E-state index >= 15 is 0 Å². The number of thioether (sulfide) groups is 1. The Hall–Kier alpha value is -1.09. The van der Waals surface area contributed by atoms with Gasteiger partial charge in [0.15, 0.2) is 0 Å². The van der Waals surface area contributed by atoms with E-state index in [0.29, 0.717) is 12.2 Å². The van der Waals surface area contributed by atoms with Crippen molar-refractivity contribution in [2.24, 2.45) is 0 Å². The zero-order chi connectivity index (χ0) is 22.0. The number of benzene rings is 1. The topological polar surface area (TPSA) is 86.7 Å². The SMILES string of the molecule is CC(C)c1cccc(C(C)C(=O)NCCC[C@@H]2CN(C)CCS2)c1.CS(=O)(=O)O. The van der Waals surface area contributed by atoms with Gasteiger partial charge in [-0.2, -0.15) is 20.2 Å². The maximum absolute atomic E-state index is 12.4.